The fraction of sp³-hybridized carbons (Fsp3) is 0.0833. The smallest absolute Gasteiger partial charge is 0.307 e. The van der Waals surface area contributed by atoms with Crippen molar-refractivity contribution in [1.29, 1.82) is 0 Å². The van der Waals surface area contributed by atoms with Crippen molar-refractivity contribution in [2.24, 2.45) is 5.10 Å². The van der Waals surface area contributed by atoms with E-state index in [4.69, 9.17) is 13.9 Å². The van der Waals surface area contributed by atoms with E-state index >= 15 is 0 Å². The Bertz CT molecular complexity index is 1280. The molecule has 6 nitrogen and oxygen atoms in total. The lowest BCUT2D eigenvalue weighted by molar-refractivity contribution is 0.0929. The molecule has 0 aliphatic heterocycles. The number of ether oxygens (including phenoxy) is 2. The molecule has 8 heteroatoms. The van der Waals surface area contributed by atoms with Crippen molar-refractivity contribution in [2.45, 2.75) is 6.61 Å². The van der Waals surface area contributed by atoms with Gasteiger partial charge in [0.25, 0.3) is 0 Å². The van der Waals surface area contributed by atoms with E-state index in [1.807, 2.05) is 42.5 Å². The number of hydrazone groups is 1. The number of carbonyl (C=O) groups excluding carboxylic acids is 1. The molecular weight excluding hydrogens is 540 g/mol. The largest absolute Gasteiger partial charge is 0.493 e. The van der Waals surface area contributed by atoms with E-state index in [-0.39, 0.29) is 5.76 Å². The van der Waals surface area contributed by atoms with Crippen molar-refractivity contribution in [3.05, 3.63) is 92.6 Å². The average molecular weight is 558 g/mol. The first-order valence-corrected chi connectivity index (χ1v) is 11.2. The monoisotopic (exact) mass is 556 g/mol. The average Bonchev–Trinajstić information content (AvgIpc) is 3.22. The summed E-state index contributed by atoms with van der Waals surface area (Å²) in [5.41, 5.74) is 4.89. The number of hydrogen-bond donors (Lipinski definition) is 1. The molecular formula is C24H18Br2N2O4. The van der Waals surface area contributed by atoms with Crippen LogP contribution in [0, 0.1) is 0 Å². The highest BCUT2D eigenvalue weighted by Crippen LogP contribution is 2.28. The Morgan fingerprint density at radius 3 is 2.56 bits per heavy atom. The van der Waals surface area contributed by atoms with Gasteiger partial charge < -0.3 is 13.9 Å². The maximum absolute atomic E-state index is 12.3. The summed E-state index contributed by atoms with van der Waals surface area (Å²) in [6.45, 7) is 0.418. The lowest BCUT2D eigenvalue weighted by Gasteiger charge is -2.11. The summed E-state index contributed by atoms with van der Waals surface area (Å²) in [6.07, 6.45) is 1.53. The molecule has 0 atom stereocenters. The van der Waals surface area contributed by atoms with Crippen LogP contribution in [-0.2, 0) is 6.61 Å². The molecule has 1 N–H and O–H groups in total. The molecule has 0 radical (unpaired) electrons. The molecule has 1 aromatic heterocycles. The number of hydrogen-bond acceptors (Lipinski definition) is 5. The quantitative estimate of drug-likeness (QED) is 0.213. The van der Waals surface area contributed by atoms with Crippen LogP contribution in [-0.4, -0.2) is 19.2 Å². The van der Waals surface area contributed by atoms with Crippen molar-refractivity contribution in [2.75, 3.05) is 7.11 Å². The van der Waals surface area contributed by atoms with E-state index in [1.165, 1.54) is 6.21 Å². The molecule has 0 aliphatic rings. The topological polar surface area (TPSA) is 73.1 Å². The first-order chi connectivity index (χ1) is 15.5. The number of nitrogens with zero attached hydrogens (tertiary/aromatic N) is 1. The lowest BCUT2D eigenvalue weighted by atomic mass is 10.2. The third-order valence-electron chi connectivity index (χ3n) is 4.58. The van der Waals surface area contributed by atoms with Gasteiger partial charge in [0.05, 0.1) is 13.3 Å². The number of carbonyl (C=O) groups is 1. The first kappa shape index (κ1) is 22.1. The fourth-order valence-electron chi connectivity index (χ4n) is 2.97. The van der Waals surface area contributed by atoms with Crippen LogP contribution in [0.2, 0.25) is 0 Å². The predicted octanol–water partition coefficient (Wildman–Crippen LogP) is 6.31. The molecule has 0 aliphatic carbocycles. The summed E-state index contributed by atoms with van der Waals surface area (Å²) in [5.74, 6) is 0.935. The predicted molar refractivity (Wildman–Crippen MR) is 130 cm³/mol. The molecule has 162 valence electrons. The summed E-state index contributed by atoms with van der Waals surface area (Å²) in [7, 11) is 1.57. The van der Waals surface area contributed by atoms with Crippen molar-refractivity contribution in [3.8, 4) is 11.5 Å². The van der Waals surface area contributed by atoms with Gasteiger partial charge in [-0.15, -0.1) is 0 Å². The van der Waals surface area contributed by atoms with Crippen molar-refractivity contribution in [3.63, 3.8) is 0 Å². The Morgan fingerprint density at radius 1 is 1.00 bits per heavy atom. The molecule has 0 saturated heterocycles. The SMILES string of the molecule is COc1cc(/C=N/NC(=O)c2cc3cc(Br)ccc3o2)ccc1OCc1ccc(Br)cc1. The van der Waals surface area contributed by atoms with Crippen LogP contribution in [0.5, 0.6) is 11.5 Å². The second-order valence-electron chi connectivity index (χ2n) is 6.82. The zero-order valence-electron chi connectivity index (χ0n) is 17.0. The van der Waals surface area contributed by atoms with Gasteiger partial charge in [0.15, 0.2) is 17.3 Å². The molecule has 32 heavy (non-hydrogen) atoms. The van der Waals surface area contributed by atoms with Gasteiger partial charge in [0.1, 0.15) is 12.2 Å². The van der Waals surface area contributed by atoms with Gasteiger partial charge in [0.2, 0.25) is 0 Å². The van der Waals surface area contributed by atoms with E-state index in [0.29, 0.717) is 23.7 Å². The van der Waals surface area contributed by atoms with Gasteiger partial charge in [-0.2, -0.15) is 5.10 Å². The maximum Gasteiger partial charge on any atom is 0.307 e. The van der Waals surface area contributed by atoms with Gasteiger partial charge in [0, 0.05) is 14.3 Å². The number of halogens is 2. The normalized spacial score (nSPS) is 11.1. The summed E-state index contributed by atoms with van der Waals surface area (Å²) >= 11 is 6.82. The minimum Gasteiger partial charge on any atom is -0.493 e. The standard InChI is InChI=1S/C24H18Br2N2O4/c1-30-22-10-16(4-8-21(22)31-14-15-2-5-18(25)6-3-15)13-27-28-24(29)23-12-17-11-19(26)7-9-20(17)32-23/h2-13H,14H2,1H3,(H,28,29)/b27-13+. The van der Waals surface area contributed by atoms with Crippen molar-refractivity contribution in [1.82, 2.24) is 5.43 Å². The van der Waals surface area contributed by atoms with Crippen molar-refractivity contribution >= 4 is 55.0 Å². The van der Waals surface area contributed by atoms with E-state index in [2.05, 4.69) is 42.4 Å². The Morgan fingerprint density at radius 2 is 1.78 bits per heavy atom. The van der Waals surface area contributed by atoms with Crippen LogP contribution in [0.3, 0.4) is 0 Å². The molecule has 1 heterocycles. The third kappa shape index (κ3) is 5.38. The number of nitrogens with one attached hydrogen (secondary N) is 1. The zero-order chi connectivity index (χ0) is 22.5. The second kappa shape index (κ2) is 10.0. The highest BCUT2D eigenvalue weighted by atomic mass is 79.9. The van der Waals surface area contributed by atoms with Gasteiger partial charge in [-0.1, -0.05) is 44.0 Å². The number of rotatable bonds is 7. The molecule has 3 aromatic carbocycles. The second-order valence-corrected chi connectivity index (χ2v) is 8.65. The Labute approximate surface area is 201 Å². The Hall–Kier alpha value is -3.10. The van der Waals surface area contributed by atoms with Gasteiger partial charge >= 0.3 is 5.91 Å². The summed E-state index contributed by atoms with van der Waals surface area (Å²) in [6, 6.07) is 20.5. The maximum atomic E-state index is 12.3. The number of benzene rings is 3. The molecule has 0 bridgehead atoms. The molecule has 0 unspecified atom stereocenters. The minimum atomic E-state index is -0.435. The Balaban J connectivity index is 1.39. The molecule has 0 spiro atoms. The van der Waals surface area contributed by atoms with Crippen LogP contribution < -0.4 is 14.9 Å². The minimum absolute atomic E-state index is 0.185. The molecule has 0 saturated carbocycles. The fourth-order valence-corrected chi connectivity index (χ4v) is 3.62. The van der Waals surface area contributed by atoms with E-state index in [0.717, 1.165) is 25.5 Å². The van der Waals surface area contributed by atoms with E-state index in [9.17, 15) is 4.79 Å². The first-order valence-electron chi connectivity index (χ1n) is 9.59. The summed E-state index contributed by atoms with van der Waals surface area (Å²) < 4.78 is 18.8. The summed E-state index contributed by atoms with van der Waals surface area (Å²) in [5, 5.41) is 4.85. The number of furan rings is 1. The van der Waals surface area contributed by atoms with Crippen LogP contribution in [0.4, 0.5) is 0 Å². The summed E-state index contributed by atoms with van der Waals surface area (Å²) in [4.78, 5) is 12.3. The number of fused-ring (bicyclic) bond motifs is 1. The van der Waals surface area contributed by atoms with Crippen molar-refractivity contribution < 1.29 is 18.7 Å². The van der Waals surface area contributed by atoms with E-state index in [1.54, 1.807) is 31.4 Å². The van der Waals surface area contributed by atoms with Gasteiger partial charge in [-0.25, -0.2) is 5.43 Å². The lowest BCUT2D eigenvalue weighted by Crippen LogP contribution is -2.16. The number of methoxy groups -OCH3 is 1. The molecule has 1 amide bonds. The molecule has 4 rings (SSSR count). The van der Waals surface area contributed by atoms with E-state index < -0.39 is 5.91 Å². The van der Waals surface area contributed by atoms with Gasteiger partial charge in [-0.05, 0) is 65.7 Å². The van der Waals surface area contributed by atoms with Crippen LogP contribution >= 0.6 is 31.9 Å². The van der Waals surface area contributed by atoms with Gasteiger partial charge in [-0.3, -0.25) is 4.79 Å². The molecule has 0 fully saturated rings. The highest BCUT2D eigenvalue weighted by Gasteiger charge is 2.12. The number of amides is 1. The van der Waals surface area contributed by atoms with Crippen LogP contribution in [0.25, 0.3) is 11.0 Å². The van der Waals surface area contributed by atoms with Crippen LogP contribution in [0.1, 0.15) is 21.7 Å². The molecule has 4 aromatic rings. The zero-order valence-corrected chi connectivity index (χ0v) is 20.1. The Kier molecular flexibility index (Phi) is 6.92. The highest BCUT2D eigenvalue weighted by molar-refractivity contribution is 9.10. The van der Waals surface area contributed by atoms with Crippen LogP contribution in [0.15, 0.2) is 85.2 Å². The third-order valence-corrected chi connectivity index (χ3v) is 5.60.